The van der Waals surface area contributed by atoms with Gasteiger partial charge in [-0.2, -0.15) is 0 Å². The molecule has 5 heteroatoms. The van der Waals surface area contributed by atoms with Crippen molar-refractivity contribution in [3.8, 4) is 0 Å². The minimum atomic E-state index is -0.956. The molecule has 5 nitrogen and oxygen atoms in total. The third-order valence-corrected chi connectivity index (χ3v) is 3.08. The van der Waals surface area contributed by atoms with Crippen LogP contribution >= 0.6 is 0 Å². The van der Waals surface area contributed by atoms with E-state index in [-0.39, 0.29) is 5.56 Å². The maximum absolute atomic E-state index is 11.0. The van der Waals surface area contributed by atoms with E-state index in [1.807, 2.05) is 6.92 Å². The third kappa shape index (κ3) is 3.20. The molecule has 0 saturated carbocycles. The van der Waals surface area contributed by atoms with E-state index in [4.69, 9.17) is 9.84 Å². The zero-order valence-electron chi connectivity index (χ0n) is 10.5. The van der Waals surface area contributed by atoms with E-state index in [1.165, 1.54) is 6.20 Å². The van der Waals surface area contributed by atoms with Gasteiger partial charge >= 0.3 is 5.97 Å². The maximum atomic E-state index is 11.0. The molecule has 1 aliphatic rings. The van der Waals surface area contributed by atoms with Gasteiger partial charge in [-0.15, -0.1) is 0 Å². The molecular weight excluding hydrogens is 232 g/mol. The van der Waals surface area contributed by atoms with Gasteiger partial charge < -0.3 is 15.2 Å². The smallest absolute Gasteiger partial charge is 0.339 e. The number of pyridine rings is 1. The molecule has 0 amide bonds. The first-order chi connectivity index (χ1) is 8.66. The number of nitrogens with zero attached hydrogens (tertiary/aromatic N) is 1. The maximum Gasteiger partial charge on any atom is 0.339 e. The fraction of sp³-hybridized carbons (Fsp3) is 0.538. The second-order valence-electron chi connectivity index (χ2n) is 4.53. The predicted molar refractivity (Wildman–Crippen MR) is 68.0 cm³/mol. The molecule has 1 aromatic heterocycles. The van der Waals surface area contributed by atoms with E-state index in [0.717, 1.165) is 31.6 Å². The molecule has 1 atom stereocenters. The van der Waals surface area contributed by atoms with Crippen LogP contribution in [0.15, 0.2) is 12.3 Å². The molecule has 1 fully saturated rings. The number of aromatic carboxylic acids is 1. The Bertz CT molecular complexity index is 428. The van der Waals surface area contributed by atoms with Crippen molar-refractivity contribution in [2.75, 3.05) is 18.5 Å². The molecule has 2 rings (SSSR count). The molecule has 1 saturated heterocycles. The number of carboxylic acid groups (broad SMARTS) is 1. The lowest BCUT2D eigenvalue weighted by molar-refractivity contribution is 0.0697. The quantitative estimate of drug-likeness (QED) is 0.837. The van der Waals surface area contributed by atoms with E-state index in [9.17, 15) is 4.79 Å². The molecule has 98 valence electrons. The van der Waals surface area contributed by atoms with Gasteiger partial charge in [0.05, 0.1) is 11.8 Å². The molecule has 18 heavy (non-hydrogen) atoms. The van der Waals surface area contributed by atoms with Crippen LogP contribution < -0.4 is 5.32 Å². The summed E-state index contributed by atoms with van der Waals surface area (Å²) in [6, 6.07) is 1.76. The summed E-state index contributed by atoms with van der Waals surface area (Å²) in [5.41, 5.74) is 1.65. The van der Waals surface area contributed by atoms with E-state index < -0.39 is 5.97 Å². The summed E-state index contributed by atoms with van der Waals surface area (Å²) >= 11 is 0. The second kappa shape index (κ2) is 5.82. The molecule has 0 radical (unpaired) electrons. The van der Waals surface area contributed by atoms with Gasteiger partial charge in [0.25, 0.3) is 0 Å². The van der Waals surface area contributed by atoms with Crippen molar-refractivity contribution >= 4 is 11.7 Å². The van der Waals surface area contributed by atoms with Gasteiger partial charge in [0.1, 0.15) is 5.56 Å². The minimum Gasteiger partial charge on any atom is -0.478 e. The number of carbonyl (C=O) groups is 1. The number of rotatable bonds is 5. The summed E-state index contributed by atoms with van der Waals surface area (Å²) in [5.74, 6) is -0.956. The minimum absolute atomic E-state index is 0.216. The van der Waals surface area contributed by atoms with E-state index in [1.54, 1.807) is 6.07 Å². The highest BCUT2D eigenvalue weighted by Gasteiger charge is 2.15. The standard InChI is InChI=1S/C13H18N2O3/c1-9-7-12(11(8-15-9)13(16)17)14-5-4-10-3-2-6-18-10/h7-8,10H,2-6H2,1H3,(H,14,15)(H,16,17). The summed E-state index contributed by atoms with van der Waals surface area (Å²) in [5, 5.41) is 12.2. The average molecular weight is 250 g/mol. The van der Waals surface area contributed by atoms with E-state index >= 15 is 0 Å². The molecule has 1 aromatic rings. The first-order valence-corrected chi connectivity index (χ1v) is 6.22. The van der Waals surface area contributed by atoms with Gasteiger partial charge in [-0.1, -0.05) is 0 Å². The van der Waals surface area contributed by atoms with Gasteiger partial charge in [0.2, 0.25) is 0 Å². The molecule has 0 aliphatic carbocycles. The third-order valence-electron chi connectivity index (χ3n) is 3.08. The molecule has 2 N–H and O–H groups in total. The van der Waals surface area contributed by atoms with Crippen LogP contribution in [-0.4, -0.2) is 35.3 Å². The van der Waals surface area contributed by atoms with Crippen LogP contribution in [-0.2, 0) is 4.74 Å². The summed E-state index contributed by atoms with van der Waals surface area (Å²) in [7, 11) is 0. The van der Waals surface area contributed by atoms with Crippen LogP contribution in [0, 0.1) is 6.92 Å². The number of hydrogen-bond acceptors (Lipinski definition) is 4. The van der Waals surface area contributed by atoms with Crippen LogP contribution in [0.3, 0.4) is 0 Å². The second-order valence-corrected chi connectivity index (χ2v) is 4.53. The Balaban J connectivity index is 1.94. The summed E-state index contributed by atoms with van der Waals surface area (Å²) in [4.78, 5) is 15.0. The highest BCUT2D eigenvalue weighted by molar-refractivity contribution is 5.93. The topological polar surface area (TPSA) is 71.5 Å². The fourth-order valence-electron chi connectivity index (χ4n) is 2.12. The lowest BCUT2D eigenvalue weighted by Crippen LogP contribution is -2.14. The molecule has 0 spiro atoms. The lowest BCUT2D eigenvalue weighted by atomic mass is 10.1. The Morgan fingerprint density at radius 3 is 3.17 bits per heavy atom. The lowest BCUT2D eigenvalue weighted by Gasteiger charge is -2.12. The highest BCUT2D eigenvalue weighted by atomic mass is 16.5. The number of anilines is 1. The van der Waals surface area contributed by atoms with E-state index in [2.05, 4.69) is 10.3 Å². The van der Waals surface area contributed by atoms with Gasteiger partial charge in [0.15, 0.2) is 0 Å². The highest BCUT2D eigenvalue weighted by Crippen LogP contribution is 2.18. The first kappa shape index (κ1) is 12.8. The summed E-state index contributed by atoms with van der Waals surface area (Å²) in [6.07, 6.45) is 4.84. The average Bonchev–Trinajstić information content (AvgIpc) is 2.82. The van der Waals surface area contributed by atoms with Gasteiger partial charge in [-0.3, -0.25) is 4.98 Å². The molecular formula is C13H18N2O3. The number of ether oxygens (including phenoxy) is 1. The predicted octanol–water partition coefficient (Wildman–Crippen LogP) is 2.07. The van der Waals surface area contributed by atoms with Crippen LogP contribution in [0.1, 0.15) is 35.3 Å². The van der Waals surface area contributed by atoms with Crippen molar-refractivity contribution < 1.29 is 14.6 Å². The zero-order valence-corrected chi connectivity index (χ0v) is 10.5. The summed E-state index contributed by atoms with van der Waals surface area (Å²) < 4.78 is 5.52. The Labute approximate surface area is 106 Å². The van der Waals surface area contributed by atoms with E-state index in [0.29, 0.717) is 18.3 Å². The van der Waals surface area contributed by atoms with Crippen LogP contribution in [0.4, 0.5) is 5.69 Å². The monoisotopic (exact) mass is 250 g/mol. The number of aromatic nitrogens is 1. The van der Waals surface area contributed by atoms with Crippen molar-refractivity contribution in [1.29, 1.82) is 0 Å². The van der Waals surface area contributed by atoms with Crippen molar-refractivity contribution in [2.24, 2.45) is 0 Å². The Kier molecular flexibility index (Phi) is 4.15. The normalized spacial score (nSPS) is 18.8. The number of aryl methyl sites for hydroxylation is 1. The Morgan fingerprint density at radius 1 is 1.67 bits per heavy atom. The molecule has 1 aliphatic heterocycles. The largest absolute Gasteiger partial charge is 0.478 e. The van der Waals surface area contributed by atoms with Gasteiger partial charge in [-0.25, -0.2) is 4.79 Å². The van der Waals surface area contributed by atoms with Gasteiger partial charge in [-0.05, 0) is 32.3 Å². The first-order valence-electron chi connectivity index (χ1n) is 6.22. The SMILES string of the molecule is Cc1cc(NCCC2CCCO2)c(C(=O)O)cn1. The van der Waals surface area contributed by atoms with Crippen molar-refractivity contribution in [2.45, 2.75) is 32.3 Å². The fourth-order valence-corrected chi connectivity index (χ4v) is 2.12. The number of nitrogens with one attached hydrogen (secondary N) is 1. The molecule has 0 aromatic carbocycles. The molecule has 0 bridgehead atoms. The van der Waals surface area contributed by atoms with Crippen molar-refractivity contribution in [1.82, 2.24) is 4.98 Å². The Morgan fingerprint density at radius 2 is 2.50 bits per heavy atom. The summed E-state index contributed by atoms with van der Waals surface area (Å²) in [6.45, 7) is 3.41. The van der Waals surface area contributed by atoms with Crippen molar-refractivity contribution in [3.05, 3.63) is 23.5 Å². The van der Waals surface area contributed by atoms with Crippen LogP contribution in [0.5, 0.6) is 0 Å². The number of carboxylic acids is 1. The van der Waals surface area contributed by atoms with Crippen molar-refractivity contribution in [3.63, 3.8) is 0 Å². The van der Waals surface area contributed by atoms with Gasteiger partial charge in [0, 0.05) is 25.0 Å². The molecule has 2 heterocycles. The Hall–Kier alpha value is -1.62. The van der Waals surface area contributed by atoms with Crippen LogP contribution in [0.25, 0.3) is 0 Å². The molecule has 1 unspecified atom stereocenters. The van der Waals surface area contributed by atoms with Crippen LogP contribution in [0.2, 0.25) is 0 Å². The zero-order chi connectivity index (χ0) is 13.0. The number of hydrogen-bond donors (Lipinski definition) is 2.